The molecule has 0 bridgehead atoms. The number of ether oxygens (including phenoxy) is 1. The third-order valence-corrected chi connectivity index (χ3v) is 1.99. The first-order valence-electron chi connectivity index (χ1n) is 6.00. The molecule has 0 aromatic rings. The van der Waals surface area contributed by atoms with Gasteiger partial charge in [-0.3, -0.25) is 0 Å². The van der Waals surface area contributed by atoms with E-state index in [1.165, 1.54) is 0 Å². The molecule has 0 aliphatic rings. The zero-order valence-corrected chi connectivity index (χ0v) is 10.6. The van der Waals surface area contributed by atoms with Gasteiger partial charge in [-0.25, -0.2) is 0 Å². The highest BCUT2D eigenvalue weighted by atomic mass is 19.4. The maximum absolute atomic E-state index is 11.7. The van der Waals surface area contributed by atoms with Crippen molar-refractivity contribution in [2.45, 2.75) is 38.9 Å². The summed E-state index contributed by atoms with van der Waals surface area (Å²) < 4.78 is 39.5. The van der Waals surface area contributed by atoms with Crippen molar-refractivity contribution in [2.75, 3.05) is 32.8 Å². The summed E-state index contributed by atoms with van der Waals surface area (Å²) in [5.41, 5.74) is 0. The van der Waals surface area contributed by atoms with Crippen molar-refractivity contribution >= 4 is 0 Å². The maximum Gasteiger partial charge on any atom is 0.411 e. The molecule has 0 aromatic heterocycles. The van der Waals surface area contributed by atoms with Crippen LogP contribution >= 0.6 is 0 Å². The first-order valence-corrected chi connectivity index (χ1v) is 6.00. The van der Waals surface area contributed by atoms with Crippen LogP contribution in [-0.4, -0.2) is 45.1 Å². The van der Waals surface area contributed by atoms with Crippen molar-refractivity contribution in [1.29, 1.82) is 0 Å². The van der Waals surface area contributed by atoms with E-state index >= 15 is 0 Å². The monoisotopic (exact) mass is 256 g/mol. The lowest BCUT2D eigenvalue weighted by Gasteiger charge is -2.09. The molecule has 0 unspecified atom stereocenters. The van der Waals surface area contributed by atoms with Gasteiger partial charge in [0.1, 0.15) is 6.61 Å². The molecule has 17 heavy (non-hydrogen) atoms. The minimum absolute atomic E-state index is 0.150. The van der Waals surface area contributed by atoms with Gasteiger partial charge >= 0.3 is 6.18 Å². The van der Waals surface area contributed by atoms with Gasteiger partial charge in [-0.15, -0.1) is 0 Å². The molecule has 104 valence electrons. The molecule has 0 atom stereocenters. The third kappa shape index (κ3) is 15.7. The molecule has 0 rings (SSSR count). The Morgan fingerprint density at radius 2 is 1.71 bits per heavy atom. The van der Waals surface area contributed by atoms with Crippen LogP contribution in [0.3, 0.4) is 0 Å². The van der Waals surface area contributed by atoms with Crippen LogP contribution in [0.1, 0.15) is 26.7 Å². The molecule has 6 heteroatoms. The van der Waals surface area contributed by atoms with E-state index in [1.54, 1.807) is 0 Å². The number of hydrogen-bond acceptors (Lipinski definition) is 3. The summed E-state index contributed by atoms with van der Waals surface area (Å²) in [6.45, 7) is 5.70. The standard InChI is InChI=1S/C11H23F3N2O/c1-10(2)16-7-3-5-15-6-4-8-17-9-11(12,13)14/h10,15-16H,3-9H2,1-2H3. The first kappa shape index (κ1) is 16.7. The zero-order chi connectivity index (χ0) is 13.1. The van der Waals surface area contributed by atoms with E-state index in [4.69, 9.17) is 0 Å². The van der Waals surface area contributed by atoms with Gasteiger partial charge in [0.05, 0.1) is 0 Å². The van der Waals surface area contributed by atoms with E-state index in [-0.39, 0.29) is 6.61 Å². The molecular formula is C11H23F3N2O. The Balaban J connectivity index is 3.04. The van der Waals surface area contributed by atoms with Gasteiger partial charge in [0, 0.05) is 12.6 Å². The summed E-state index contributed by atoms with van der Waals surface area (Å²) in [4.78, 5) is 0. The van der Waals surface area contributed by atoms with E-state index < -0.39 is 12.8 Å². The summed E-state index contributed by atoms with van der Waals surface area (Å²) in [7, 11) is 0. The lowest BCUT2D eigenvalue weighted by Crippen LogP contribution is -2.27. The van der Waals surface area contributed by atoms with Crippen LogP contribution in [0, 0.1) is 0 Å². The minimum Gasteiger partial charge on any atom is -0.372 e. The lowest BCUT2D eigenvalue weighted by molar-refractivity contribution is -0.173. The Kier molecular flexibility index (Phi) is 9.49. The molecule has 2 N–H and O–H groups in total. The van der Waals surface area contributed by atoms with Crippen molar-refractivity contribution in [3.8, 4) is 0 Å². The molecule has 0 saturated carbocycles. The SMILES string of the molecule is CC(C)NCCCNCCCOCC(F)(F)F. The molecule has 0 saturated heterocycles. The third-order valence-electron chi connectivity index (χ3n) is 1.99. The van der Waals surface area contributed by atoms with Crippen LogP contribution in [0.2, 0.25) is 0 Å². The van der Waals surface area contributed by atoms with Crippen molar-refractivity contribution in [1.82, 2.24) is 10.6 Å². The van der Waals surface area contributed by atoms with E-state index in [2.05, 4.69) is 29.2 Å². The largest absolute Gasteiger partial charge is 0.411 e. The van der Waals surface area contributed by atoms with E-state index in [9.17, 15) is 13.2 Å². The predicted octanol–water partition coefficient (Wildman–Crippen LogP) is 1.93. The number of rotatable bonds is 10. The van der Waals surface area contributed by atoms with Crippen LogP contribution in [-0.2, 0) is 4.74 Å². The highest BCUT2D eigenvalue weighted by Crippen LogP contribution is 2.14. The van der Waals surface area contributed by atoms with Crippen LogP contribution < -0.4 is 10.6 Å². The quantitative estimate of drug-likeness (QED) is 0.586. The van der Waals surface area contributed by atoms with E-state index in [0.717, 1.165) is 19.5 Å². The fraction of sp³-hybridized carbons (Fsp3) is 1.00. The molecule has 0 fully saturated rings. The average molecular weight is 256 g/mol. The Bertz CT molecular complexity index is 175. The average Bonchev–Trinajstić information content (AvgIpc) is 2.18. The molecule has 0 aliphatic heterocycles. The van der Waals surface area contributed by atoms with Gasteiger partial charge < -0.3 is 15.4 Å². The van der Waals surface area contributed by atoms with E-state index in [0.29, 0.717) is 19.0 Å². The lowest BCUT2D eigenvalue weighted by atomic mass is 10.3. The Hall–Kier alpha value is -0.330. The first-order chi connectivity index (χ1) is 7.92. The predicted molar refractivity (Wildman–Crippen MR) is 62.1 cm³/mol. The van der Waals surface area contributed by atoms with Crippen LogP contribution in [0.25, 0.3) is 0 Å². The molecular weight excluding hydrogens is 233 g/mol. The van der Waals surface area contributed by atoms with Gasteiger partial charge in [0.15, 0.2) is 0 Å². The van der Waals surface area contributed by atoms with Crippen LogP contribution in [0.15, 0.2) is 0 Å². The molecule has 0 spiro atoms. The van der Waals surface area contributed by atoms with Gasteiger partial charge in [-0.2, -0.15) is 13.2 Å². The Morgan fingerprint density at radius 3 is 2.29 bits per heavy atom. The highest BCUT2D eigenvalue weighted by molar-refractivity contribution is 4.55. The molecule has 0 amide bonds. The zero-order valence-electron chi connectivity index (χ0n) is 10.6. The number of nitrogens with one attached hydrogen (secondary N) is 2. The van der Waals surface area contributed by atoms with Crippen LogP contribution in [0.5, 0.6) is 0 Å². The smallest absolute Gasteiger partial charge is 0.372 e. The van der Waals surface area contributed by atoms with Crippen molar-refractivity contribution in [3.05, 3.63) is 0 Å². The van der Waals surface area contributed by atoms with E-state index in [1.807, 2.05) is 0 Å². The van der Waals surface area contributed by atoms with Crippen molar-refractivity contribution in [2.24, 2.45) is 0 Å². The number of hydrogen-bond donors (Lipinski definition) is 2. The van der Waals surface area contributed by atoms with Crippen LogP contribution in [0.4, 0.5) is 13.2 Å². The summed E-state index contributed by atoms with van der Waals surface area (Å²) in [5.74, 6) is 0. The summed E-state index contributed by atoms with van der Waals surface area (Å²) in [5, 5.41) is 6.44. The normalized spacial score (nSPS) is 12.4. The van der Waals surface area contributed by atoms with Gasteiger partial charge in [0.2, 0.25) is 0 Å². The van der Waals surface area contributed by atoms with Crippen molar-refractivity contribution < 1.29 is 17.9 Å². The molecule has 3 nitrogen and oxygen atoms in total. The number of alkyl halides is 3. The Labute approximate surface area is 101 Å². The van der Waals surface area contributed by atoms with Gasteiger partial charge in [0.25, 0.3) is 0 Å². The summed E-state index contributed by atoms with van der Waals surface area (Å²) in [6, 6.07) is 0.491. The molecule has 0 radical (unpaired) electrons. The van der Waals surface area contributed by atoms with Crippen molar-refractivity contribution in [3.63, 3.8) is 0 Å². The second-order valence-electron chi connectivity index (χ2n) is 4.23. The number of halogens is 3. The fourth-order valence-corrected chi connectivity index (χ4v) is 1.22. The second kappa shape index (κ2) is 9.67. The topological polar surface area (TPSA) is 33.3 Å². The van der Waals surface area contributed by atoms with Gasteiger partial charge in [-0.05, 0) is 32.5 Å². The summed E-state index contributed by atoms with van der Waals surface area (Å²) >= 11 is 0. The maximum atomic E-state index is 11.7. The highest BCUT2D eigenvalue weighted by Gasteiger charge is 2.26. The van der Waals surface area contributed by atoms with Gasteiger partial charge in [-0.1, -0.05) is 13.8 Å². The molecule has 0 aromatic carbocycles. The molecule has 0 aliphatic carbocycles. The fourth-order valence-electron chi connectivity index (χ4n) is 1.22. The minimum atomic E-state index is -4.21. The Morgan fingerprint density at radius 1 is 1.06 bits per heavy atom. The summed E-state index contributed by atoms with van der Waals surface area (Å²) in [6.07, 6.45) is -2.59. The molecule has 0 heterocycles. The second-order valence-corrected chi connectivity index (χ2v) is 4.23.